The molecule has 3 heterocycles. The number of carbonyl (C=O) groups excluding carboxylic acids is 1. The van der Waals surface area contributed by atoms with Gasteiger partial charge in [-0.05, 0) is 49.5 Å². The number of amides is 1. The largest absolute Gasteiger partial charge is 0.361 e. The first-order chi connectivity index (χ1) is 13.1. The summed E-state index contributed by atoms with van der Waals surface area (Å²) in [6.07, 6.45) is 8.49. The molecule has 27 heavy (non-hydrogen) atoms. The smallest absolute Gasteiger partial charge is 0.231 e. The van der Waals surface area contributed by atoms with Gasteiger partial charge in [0.25, 0.3) is 0 Å². The second-order valence-corrected chi connectivity index (χ2v) is 8.41. The molecule has 1 unspecified atom stereocenters. The molecule has 1 fully saturated rings. The second-order valence-electron chi connectivity index (χ2n) is 8.41. The summed E-state index contributed by atoms with van der Waals surface area (Å²) in [7, 11) is 0. The van der Waals surface area contributed by atoms with Gasteiger partial charge in [-0.1, -0.05) is 24.3 Å². The summed E-state index contributed by atoms with van der Waals surface area (Å²) >= 11 is 0. The molecule has 3 aliphatic rings. The van der Waals surface area contributed by atoms with Crippen molar-refractivity contribution in [3.63, 3.8) is 0 Å². The van der Waals surface area contributed by atoms with Crippen LogP contribution in [-0.4, -0.2) is 51.9 Å². The number of nitrogens with one attached hydrogen (secondary N) is 1. The highest BCUT2D eigenvalue weighted by molar-refractivity contribution is 5.99. The van der Waals surface area contributed by atoms with Gasteiger partial charge in [-0.2, -0.15) is 0 Å². The summed E-state index contributed by atoms with van der Waals surface area (Å²) in [5.41, 5.74) is 5.18. The van der Waals surface area contributed by atoms with Crippen LogP contribution < -0.4 is 0 Å². The fourth-order valence-corrected chi connectivity index (χ4v) is 5.49. The number of carbonyl (C=O) groups is 1. The lowest BCUT2D eigenvalue weighted by molar-refractivity contribution is -0.146. The SMILES string of the molecule is C=CCN1C[C@H](C(=O)N2[C@@H](C)C[C@@H]2C)C=C2c3cccc4[nH]cc(c34)CC21. The Morgan fingerprint density at radius 1 is 1.33 bits per heavy atom. The molecule has 0 bridgehead atoms. The van der Waals surface area contributed by atoms with Crippen molar-refractivity contribution in [1.82, 2.24) is 14.8 Å². The van der Waals surface area contributed by atoms with Gasteiger partial charge in [0.05, 0.1) is 5.92 Å². The van der Waals surface area contributed by atoms with Gasteiger partial charge < -0.3 is 9.88 Å². The van der Waals surface area contributed by atoms with Gasteiger partial charge in [0.2, 0.25) is 5.91 Å². The van der Waals surface area contributed by atoms with E-state index >= 15 is 0 Å². The summed E-state index contributed by atoms with van der Waals surface area (Å²) in [5, 5.41) is 1.33. The second kappa shape index (κ2) is 6.10. The summed E-state index contributed by atoms with van der Waals surface area (Å²) in [6, 6.07) is 7.52. The van der Waals surface area contributed by atoms with Crippen LogP contribution in [0.25, 0.3) is 16.5 Å². The lowest BCUT2D eigenvalue weighted by Crippen LogP contribution is -2.59. The lowest BCUT2D eigenvalue weighted by atomic mass is 9.79. The Hall–Kier alpha value is -2.33. The monoisotopic (exact) mass is 361 g/mol. The van der Waals surface area contributed by atoms with Crippen LogP contribution in [0, 0.1) is 5.92 Å². The number of fused-ring (bicyclic) bond motifs is 2. The normalized spacial score (nSPS) is 29.9. The number of aromatic amines is 1. The van der Waals surface area contributed by atoms with E-state index in [-0.39, 0.29) is 11.8 Å². The number of rotatable bonds is 3. The molecular formula is C23H27N3O. The first kappa shape index (κ1) is 16.8. The number of hydrogen-bond donors (Lipinski definition) is 1. The van der Waals surface area contributed by atoms with E-state index in [1.165, 1.54) is 27.6 Å². The van der Waals surface area contributed by atoms with E-state index in [1.54, 1.807) is 0 Å². The zero-order valence-electron chi connectivity index (χ0n) is 16.1. The van der Waals surface area contributed by atoms with Gasteiger partial charge in [-0.3, -0.25) is 9.69 Å². The molecule has 1 aliphatic carbocycles. The van der Waals surface area contributed by atoms with Gasteiger partial charge in [0, 0.05) is 48.3 Å². The maximum Gasteiger partial charge on any atom is 0.231 e. The number of nitrogens with zero attached hydrogens (tertiary/aromatic N) is 2. The zero-order valence-corrected chi connectivity index (χ0v) is 16.1. The topological polar surface area (TPSA) is 39.3 Å². The highest BCUT2D eigenvalue weighted by Crippen LogP contribution is 2.42. The van der Waals surface area contributed by atoms with E-state index < -0.39 is 0 Å². The maximum atomic E-state index is 13.3. The zero-order chi connectivity index (χ0) is 18.7. The van der Waals surface area contributed by atoms with Crippen LogP contribution >= 0.6 is 0 Å². The van der Waals surface area contributed by atoms with Crippen molar-refractivity contribution < 1.29 is 4.79 Å². The van der Waals surface area contributed by atoms with E-state index in [4.69, 9.17) is 0 Å². The number of likely N-dealkylation sites (tertiary alicyclic amines) is 1. The average molecular weight is 361 g/mol. The highest BCUT2D eigenvalue weighted by Gasteiger charge is 2.42. The molecule has 1 N–H and O–H groups in total. The molecule has 1 aromatic heterocycles. The van der Waals surface area contributed by atoms with Gasteiger partial charge in [-0.15, -0.1) is 6.58 Å². The Labute approximate surface area is 160 Å². The van der Waals surface area contributed by atoms with Crippen LogP contribution in [0.1, 0.15) is 31.4 Å². The fraction of sp³-hybridized carbons (Fsp3) is 0.435. The van der Waals surface area contributed by atoms with Crippen LogP contribution in [0.15, 0.2) is 43.1 Å². The molecule has 0 radical (unpaired) electrons. The Bertz CT molecular complexity index is 948. The minimum Gasteiger partial charge on any atom is -0.361 e. The molecule has 5 rings (SSSR count). The fourth-order valence-electron chi connectivity index (χ4n) is 5.49. The van der Waals surface area contributed by atoms with Gasteiger partial charge >= 0.3 is 0 Å². The van der Waals surface area contributed by atoms with E-state index in [0.717, 1.165) is 25.9 Å². The standard InChI is InChI=1S/C23H27N3O/c1-4-8-25-13-17(23(27)26-14(2)9-15(26)3)10-19-18-6-5-7-20-22(18)16(12-24-20)11-21(19)25/h4-7,10,12,14-15,17,21,24H,1,8-9,11,13H2,2-3H3/t14-,15-,17+,21?/m0/s1. The molecule has 1 aromatic carbocycles. The molecule has 4 heteroatoms. The van der Waals surface area contributed by atoms with Crippen molar-refractivity contribution in [2.24, 2.45) is 5.92 Å². The molecular weight excluding hydrogens is 334 g/mol. The Balaban J connectivity index is 1.59. The molecule has 0 saturated carbocycles. The summed E-state index contributed by atoms with van der Waals surface area (Å²) < 4.78 is 0. The van der Waals surface area contributed by atoms with Crippen LogP contribution in [0.4, 0.5) is 0 Å². The number of aromatic nitrogens is 1. The van der Waals surface area contributed by atoms with Crippen molar-refractivity contribution in [2.75, 3.05) is 13.1 Å². The van der Waals surface area contributed by atoms with E-state index in [0.29, 0.717) is 18.1 Å². The summed E-state index contributed by atoms with van der Waals surface area (Å²) in [5.74, 6) is 0.213. The molecule has 140 valence electrons. The third-order valence-electron chi connectivity index (χ3n) is 6.69. The van der Waals surface area contributed by atoms with Crippen molar-refractivity contribution >= 4 is 22.4 Å². The van der Waals surface area contributed by atoms with Crippen LogP contribution in [-0.2, 0) is 11.2 Å². The minimum atomic E-state index is -0.0721. The van der Waals surface area contributed by atoms with E-state index in [1.807, 2.05) is 6.08 Å². The van der Waals surface area contributed by atoms with E-state index in [9.17, 15) is 4.79 Å². The summed E-state index contributed by atoms with van der Waals surface area (Å²) in [6.45, 7) is 9.87. The van der Waals surface area contributed by atoms with Crippen molar-refractivity contribution in [3.8, 4) is 0 Å². The first-order valence-electron chi connectivity index (χ1n) is 10.1. The Morgan fingerprint density at radius 2 is 2.15 bits per heavy atom. The first-order valence-corrected chi connectivity index (χ1v) is 10.1. The molecule has 0 spiro atoms. The number of H-pyrrole nitrogens is 1. The molecule has 2 aromatic rings. The molecule has 2 aliphatic heterocycles. The maximum absolute atomic E-state index is 13.3. The number of benzene rings is 1. The van der Waals surface area contributed by atoms with Gasteiger partial charge in [-0.25, -0.2) is 0 Å². The molecule has 1 saturated heterocycles. The summed E-state index contributed by atoms with van der Waals surface area (Å²) in [4.78, 5) is 21.2. The molecule has 4 atom stereocenters. The van der Waals surface area contributed by atoms with Crippen molar-refractivity contribution in [1.29, 1.82) is 0 Å². The lowest BCUT2D eigenvalue weighted by Gasteiger charge is -2.48. The van der Waals surface area contributed by atoms with Gasteiger partial charge in [0.15, 0.2) is 0 Å². The Kier molecular flexibility index (Phi) is 3.80. The quantitative estimate of drug-likeness (QED) is 0.849. The number of hydrogen-bond acceptors (Lipinski definition) is 2. The van der Waals surface area contributed by atoms with Crippen LogP contribution in [0.5, 0.6) is 0 Å². The van der Waals surface area contributed by atoms with Crippen LogP contribution in [0.3, 0.4) is 0 Å². The van der Waals surface area contributed by atoms with Gasteiger partial charge in [0.1, 0.15) is 0 Å². The predicted octanol–water partition coefficient (Wildman–Crippen LogP) is 3.60. The Morgan fingerprint density at radius 3 is 2.89 bits per heavy atom. The average Bonchev–Trinajstić information content (AvgIpc) is 3.06. The van der Waals surface area contributed by atoms with Crippen molar-refractivity contribution in [3.05, 3.63) is 54.3 Å². The third kappa shape index (κ3) is 2.43. The molecule has 1 amide bonds. The van der Waals surface area contributed by atoms with Crippen molar-refractivity contribution in [2.45, 2.75) is 44.8 Å². The minimum absolute atomic E-state index is 0.0721. The van der Waals surface area contributed by atoms with E-state index in [2.05, 4.69) is 65.7 Å². The predicted molar refractivity (Wildman–Crippen MR) is 109 cm³/mol. The van der Waals surface area contributed by atoms with Crippen LogP contribution in [0.2, 0.25) is 0 Å². The highest BCUT2D eigenvalue weighted by atomic mass is 16.2. The third-order valence-corrected chi connectivity index (χ3v) is 6.69. The molecule has 4 nitrogen and oxygen atoms in total.